The number of halogens is 3. The summed E-state index contributed by atoms with van der Waals surface area (Å²) in [6.07, 6.45) is -0.375. The number of methoxy groups -OCH3 is 1. The van der Waals surface area contributed by atoms with Crippen LogP contribution in [0.25, 0.3) is 0 Å². The van der Waals surface area contributed by atoms with Crippen LogP contribution in [0.15, 0.2) is 6.07 Å². The SMILES string of the molecule is COc1c(Cl)cc(F)c(F)c1C(C)(C)CC(=O)O. The third-order valence-corrected chi connectivity index (χ3v) is 2.88. The number of carbonyl (C=O) groups is 1. The standard InChI is InChI=1S/C12H13ClF2O3/c1-12(2,5-8(16)17)9-10(15)7(14)4-6(13)11(9)18-3/h4H,5H2,1-3H3,(H,16,17). The van der Waals surface area contributed by atoms with Crippen LogP contribution in [0, 0.1) is 11.6 Å². The van der Waals surface area contributed by atoms with Crippen molar-refractivity contribution in [3.63, 3.8) is 0 Å². The van der Waals surface area contributed by atoms with E-state index in [0.29, 0.717) is 0 Å². The van der Waals surface area contributed by atoms with Gasteiger partial charge in [-0.25, -0.2) is 8.78 Å². The van der Waals surface area contributed by atoms with Crippen LogP contribution in [0.1, 0.15) is 25.8 Å². The lowest BCUT2D eigenvalue weighted by Gasteiger charge is -2.26. The van der Waals surface area contributed by atoms with Gasteiger partial charge < -0.3 is 9.84 Å². The fourth-order valence-corrected chi connectivity index (χ4v) is 2.12. The number of rotatable bonds is 4. The normalized spacial score (nSPS) is 11.4. The van der Waals surface area contributed by atoms with E-state index >= 15 is 0 Å². The molecule has 0 fully saturated rings. The molecule has 0 heterocycles. The van der Waals surface area contributed by atoms with E-state index in [1.54, 1.807) is 0 Å². The van der Waals surface area contributed by atoms with Gasteiger partial charge in [-0.3, -0.25) is 4.79 Å². The molecule has 1 aromatic carbocycles. The minimum Gasteiger partial charge on any atom is -0.495 e. The molecular formula is C12H13ClF2O3. The van der Waals surface area contributed by atoms with Gasteiger partial charge in [-0.2, -0.15) is 0 Å². The van der Waals surface area contributed by atoms with Crippen molar-refractivity contribution in [2.75, 3.05) is 7.11 Å². The largest absolute Gasteiger partial charge is 0.495 e. The number of aliphatic carboxylic acids is 1. The summed E-state index contributed by atoms with van der Waals surface area (Å²) in [5, 5.41) is 8.72. The average Bonchev–Trinajstić information content (AvgIpc) is 2.20. The highest BCUT2D eigenvalue weighted by molar-refractivity contribution is 6.32. The molecule has 0 spiro atoms. The van der Waals surface area contributed by atoms with Gasteiger partial charge in [0.25, 0.3) is 0 Å². The lowest BCUT2D eigenvalue weighted by Crippen LogP contribution is -2.24. The molecule has 0 aromatic heterocycles. The van der Waals surface area contributed by atoms with Crippen LogP contribution in [0.2, 0.25) is 5.02 Å². The quantitative estimate of drug-likeness (QED) is 0.859. The molecule has 0 saturated carbocycles. The predicted octanol–water partition coefficient (Wildman–Crippen LogP) is 3.38. The molecule has 0 aliphatic heterocycles. The van der Waals surface area contributed by atoms with Crippen molar-refractivity contribution in [1.82, 2.24) is 0 Å². The Bertz CT molecular complexity index is 487. The molecule has 0 aliphatic rings. The van der Waals surface area contributed by atoms with Gasteiger partial charge in [0.05, 0.1) is 18.6 Å². The molecule has 0 radical (unpaired) electrons. The van der Waals surface area contributed by atoms with Crippen molar-refractivity contribution in [2.24, 2.45) is 0 Å². The molecule has 1 rings (SSSR count). The highest BCUT2D eigenvalue weighted by atomic mass is 35.5. The van der Waals surface area contributed by atoms with Crippen molar-refractivity contribution < 1.29 is 23.4 Å². The first-order chi connectivity index (χ1) is 8.20. The van der Waals surface area contributed by atoms with Gasteiger partial charge >= 0.3 is 5.97 Å². The molecule has 1 N–H and O–H groups in total. The minimum atomic E-state index is -1.15. The van der Waals surface area contributed by atoms with Crippen LogP contribution in [0.3, 0.4) is 0 Å². The monoisotopic (exact) mass is 278 g/mol. The van der Waals surface area contributed by atoms with E-state index in [9.17, 15) is 13.6 Å². The molecule has 1 aromatic rings. The Kier molecular flexibility index (Phi) is 4.16. The molecular weight excluding hydrogens is 266 g/mol. The van der Waals surface area contributed by atoms with Gasteiger partial charge in [-0.05, 0) is 6.07 Å². The summed E-state index contributed by atoms with van der Waals surface area (Å²) >= 11 is 5.77. The highest BCUT2D eigenvalue weighted by Crippen LogP contribution is 2.41. The van der Waals surface area contributed by atoms with Gasteiger partial charge in [0.1, 0.15) is 5.75 Å². The zero-order chi connectivity index (χ0) is 14.1. The third kappa shape index (κ3) is 2.72. The van der Waals surface area contributed by atoms with Gasteiger partial charge in [0.15, 0.2) is 11.6 Å². The van der Waals surface area contributed by atoms with Gasteiger partial charge in [-0.1, -0.05) is 25.4 Å². The van der Waals surface area contributed by atoms with Gasteiger partial charge in [0.2, 0.25) is 0 Å². The number of hydrogen-bond acceptors (Lipinski definition) is 2. The van der Waals surface area contributed by atoms with E-state index in [0.717, 1.165) is 6.07 Å². The van der Waals surface area contributed by atoms with Crippen LogP contribution in [-0.4, -0.2) is 18.2 Å². The maximum atomic E-state index is 13.9. The summed E-state index contributed by atoms with van der Waals surface area (Å²) in [5.41, 5.74) is -1.31. The summed E-state index contributed by atoms with van der Waals surface area (Å²) in [6, 6.07) is 0.802. The molecule has 18 heavy (non-hydrogen) atoms. The molecule has 0 atom stereocenters. The second kappa shape index (κ2) is 5.10. The average molecular weight is 279 g/mol. The Balaban J connectivity index is 3.51. The Morgan fingerprint density at radius 1 is 1.50 bits per heavy atom. The van der Waals surface area contributed by atoms with Crippen LogP contribution >= 0.6 is 11.6 Å². The van der Waals surface area contributed by atoms with Crippen molar-refractivity contribution in [3.8, 4) is 5.75 Å². The molecule has 0 amide bonds. The molecule has 100 valence electrons. The molecule has 0 unspecified atom stereocenters. The van der Waals surface area contributed by atoms with E-state index < -0.39 is 23.0 Å². The lowest BCUT2D eigenvalue weighted by molar-refractivity contribution is -0.138. The number of hydrogen-bond donors (Lipinski definition) is 1. The molecule has 0 aliphatic carbocycles. The smallest absolute Gasteiger partial charge is 0.304 e. The molecule has 0 bridgehead atoms. The second-order valence-corrected chi connectivity index (χ2v) is 4.92. The Morgan fingerprint density at radius 2 is 2.06 bits per heavy atom. The summed E-state index contributed by atoms with van der Waals surface area (Å²) in [7, 11) is 1.26. The van der Waals surface area contributed by atoms with Crippen LogP contribution in [0.4, 0.5) is 8.78 Å². The Morgan fingerprint density at radius 3 is 2.50 bits per heavy atom. The summed E-state index contributed by atoms with van der Waals surface area (Å²) in [4.78, 5) is 10.8. The van der Waals surface area contributed by atoms with E-state index in [-0.39, 0.29) is 22.8 Å². The summed E-state index contributed by atoms with van der Waals surface area (Å²) < 4.78 is 32.2. The maximum absolute atomic E-state index is 13.9. The van der Waals surface area contributed by atoms with Gasteiger partial charge in [-0.15, -0.1) is 0 Å². The first-order valence-electron chi connectivity index (χ1n) is 5.14. The lowest BCUT2D eigenvalue weighted by atomic mass is 9.80. The van der Waals surface area contributed by atoms with Crippen LogP contribution < -0.4 is 4.74 Å². The highest BCUT2D eigenvalue weighted by Gasteiger charge is 2.33. The molecule has 0 saturated heterocycles. The Hall–Kier alpha value is -1.36. The maximum Gasteiger partial charge on any atom is 0.304 e. The van der Waals surface area contributed by atoms with E-state index in [4.69, 9.17) is 21.4 Å². The van der Waals surface area contributed by atoms with E-state index in [2.05, 4.69) is 0 Å². The molecule has 6 heteroatoms. The van der Waals surface area contributed by atoms with E-state index in [1.807, 2.05) is 0 Å². The third-order valence-electron chi connectivity index (χ3n) is 2.60. The number of benzene rings is 1. The van der Waals surface area contributed by atoms with Crippen molar-refractivity contribution in [3.05, 3.63) is 28.3 Å². The van der Waals surface area contributed by atoms with Gasteiger partial charge in [0, 0.05) is 11.0 Å². The van der Waals surface area contributed by atoms with Crippen molar-refractivity contribution >= 4 is 17.6 Å². The zero-order valence-corrected chi connectivity index (χ0v) is 10.9. The summed E-state index contributed by atoms with van der Waals surface area (Å²) in [5.74, 6) is -3.43. The number of ether oxygens (including phenoxy) is 1. The van der Waals surface area contributed by atoms with Crippen molar-refractivity contribution in [1.29, 1.82) is 0 Å². The predicted molar refractivity (Wildman–Crippen MR) is 63.2 cm³/mol. The Labute approximate surface area is 108 Å². The fourth-order valence-electron chi connectivity index (χ4n) is 1.85. The molecule has 3 nitrogen and oxygen atoms in total. The first-order valence-corrected chi connectivity index (χ1v) is 5.52. The number of carboxylic acids is 1. The van der Waals surface area contributed by atoms with Crippen molar-refractivity contribution in [2.45, 2.75) is 25.7 Å². The second-order valence-electron chi connectivity index (χ2n) is 4.52. The van der Waals surface area contributed by atoms with E-state index in [1.165, 1.54) is 21.0 Å². The minimum absolute atomic E-state index is 0.0400. The fraction of sp³-hybridized carbons (Fsp3) is 0.417. The topological polar surface area (TPSA) is 46.5 Å². The zero-order valence-electron chi connectivity index (χ0n) is 10.2. The van der Waals surface area contributed by atoms with Crippen LogP contribution in [0.5, 0.6) is 5.75 Å². The van der Waals surface area contributed by atoms with Crippen LogP contribution in [-0.2, 0) is 10.2 Å². The number of carboxylic acid groups (broad SMARTS) is 1. The first kappa shape index (κ1) is 14.7. The summed E-state index contributed by atoms with van der Waals surface area (Å²) in [6.45, 7) is 2.97.